The number of amides is 3. The lowest BCUT2D eigenvalue weighted by Crippen LogP contribution is -2.52. The molecule has 0 bridgehead atoms. The van der Waals surface area contributed by atoms with Crippen molar-refractivity contribution in [1.29, 1.82) is 0 Å². The van der Waals surface area contributed by atoms with Crippen LogP contribution in [0.5, 0.6) is 0 Å². The number of ketones is 1. The van der Waals surface area contributed by atoms with Gasteiger partial charge in [-0.1, -0.05) is 30.3 Å². The predicted octanol–water partition coefficient (Wildman–Crippen LogP) is 1.85. The molecule has 0 unspecified atom stereocenters. The molecule has 1 aromatic rings. The van der Waals surface area contributed by atoms with Crippen LogP contribution < -0.4 is 16.4 Å². The van der Waals surface area contributed by atoms with E-state index in [2.05, 4.69) is 10.6 Å². The molecule has 4 N–H and O–H groups in total. The molecule has 2 atom stereocenters. The van der Waals surface area contributed by atoms with E-state index in [1.54, 1.807) is 20.8 Å². The van der Waals surface area contributed by atoms with E-state index < -0.39 is 35.6 Å². The molecule has 0 spiro atoms. The maximum atomic E-state index is 12.8. The van der Waals surface area contributed by atoms with Gasteiger partial charge in [-0.25, -0.2) is 4.79 Å². The Kier molecular flexibility index (Phi) is 9.31. The van der Waals surface area contributed by atoms with Crippen molar-refractivity contribution in [3.05, 3.63) is 35.9 Å². The minimum absolute atomic E-state index is 0.0291. The summed E-state index contributed by atoms with van der Waals surface area (Å²) >= 11 is 0. The highest BCUT2D eigenvalue weighted by Gasteiger charge is 2.27. The van der Waals surface area contributed by atoms with E-state index in [0.29, 0.717) is 12.8 Å². The average molecular weight is 405 g/mol. The zero-order valence-electron chi connectivity index (χ0n) is 17.5. The van der Waals surface area contributed by atoms with Gasteiger partial charge in [0.05, 0.1) is 6.04 Å². The van der Waals surface area contributed by atoms with Crippen molar-refractivity contribution in [1.82, 2.24) is 10.6 Å². The summed E-state index contributed by atoms with van der Waals surface area (Å²) in [5.74, 6) is -1.37. The normalized spacial score (nSPS) is 13.1. The molecule has 0 saturated carbocycles. The number of nitrogens with two attached hydrogens (primary N) is 1. The molecule has 0 aliphatic carbocycles. The summed E-state index contributed by atoms with van der Waals surface area (Å²) in [7, 11) is 0. The summed E-state index contributed by atoms with van der Waals surface area (Å²) in [5.41, 5.74) is 5.42. The molecule has 0 fully saturated rings. The molecule has 0 aromatic heterocycles. The van der Waals surface area contributed by atoms with Crippen LogP contribution in [-0.4, -0.2) is 41.4 Å². The molecular weight excluding hydrogens is 374 g/mol. The molecule has 0 heterocycles. The van der Waals surface area contributed by atoms with Crippen LogP contribution in [-0.2, 0) is 25.5 Å². The summed E-state index contributed by atoms with van der Waals surface area (Å²) in [4.78, 5) is 47.8. The van der Waals surface area contributed by atoms with Crippen LogP contribution in [0.1, 0.15) is 52.5 Å². The van der Waals surface area contributed by atoms with Gasteiger partial charge in [-0.3, -0.25) is 14.4 Å². The molecule has 0 radical (unpaired) electrons. The predicted molar refractivity (Wildman–Crippen MR) is 109 cm³/mol. The second kappa shape index (κ2) is 11.2. The van der Waals surface area contributed by atoms with Crippen molar-refractivity contribution in [3.63, 3.8) is 0 Å². The number of ether oxygens (including phenoxy) is 1. The Bertz CT molecular complexity index is 713. The molecule has 0 aliphatic heterocycles. The summed E-state index contributed by atoms with van der Waals surface area (Å²) in [6, 6.07) is 7.77. The lowest BCUT2D eigenvalue weighted by atomic mass is 10.0. The molecule has 1 aromatic carbocycles. The Hall–Kier alpha value is -2.90. The monoisotopic (exact) mass is 405 g/mol. The van der Waals surface area contributed by atoms with E-state index in [1.165, 1.54) is 6.92 Å². The first-order valence-electron chi connectivity index (χ1n) is 9.60. The highest BCUT2D eigenvalue weighted by atomic mass is 16.6. The standard InChI is InChI=1S/C21H31N3O5/c1-14(25)16(12-13-18(22)26)23-19(27)17(24-20(28)29-21(2,3)4)11-10-15-8-6-5-7-9-15/h5-9,16-17H,10-13H2,1-4H3,(H2,22,26)(H,23,27)(H,24,28)/t16-,17+/m0/s1. The van der Waals surface area contributed by atoms with Crippen molar-refractivity contribution in [2.75, 3.05) is 0 Å². The number of primary amides is 1. The summed E-state index contributed by atoms with van der Waals surface area (Å²) in [5, 5.41) is 5.19. The molecule has 8 heteroatoms. The first-order chi connectivity index (χ1) is 13.5. The van der Waals surface area contributed by atoms with Crippen molar-refractivity contribution >= 4 is 23.7 Å². The quantitative estimate of drug-likeness (QED) is 0.547. The second-order valence-corrected chi connectivity index (χ2v) is 7.90. The summed E-state index contributed by atoms with van der Waals surface area (Å²) < 4.78 is 5.24. The first-order valence-corrected chi connectivity index (χ1v) is 9.60. The maximum absolute atomic E-state index is 12.8. The largest absolute Gasteiger partial charge is 0.444 e. The number of carbonyl (C=O) groups is 4. The summed E-state index contributed by atoms with van der Waals surface area (Å²) in [6.45, 7) is 6.50. The van der Waals surface area contributed by atoms with Crippen LogP contribution in [0.2, 0.25) is 0 Å². The van der Waals surface area contributed by atoms with E-state index in [0.717, 1.165) is 5.56 Å². The van der Waals surface area contributed by atoms with Crippen LogP contribution in [0.3, 0.4) is 0 Å². The van der Waals surface area contributed by atoms with E-state index in [4.69, 9.17) is 10.5 Å². The van der Waals surface area contributed by atoms with Gasteiger partial charge in [0.2, 0.25) is 11.8 Å². The first kappa shape index (κ1) is 24.1. The highest BCUT2D eigenvalue weighted by molar-refractivity contribution is 5.91. The Morgan fingerprint density at radius 3 is 2.14 bits per heavy atom. The van der Waals surface area contributed by atoms with Gasteiger partial charge < -0.3 is 21.1 Å². The van der Waals surface area contributed by atoms with Crippen LogP contribution >= 0.6 is 0 Å². The van der Waals surface area contributed by atoms with E-state index >= 15 is 0 Å². The van der Waals surface area contributed by atoms with Crippen molar-refractivity contribution in [3.8, 4) is 0 Å². The third-order valence-electron chi connectivity index (χ3n) is 4.06. The van der Waals surface area contributed by atoms with Crippen molar-refractivity contribution < 1.29 is 23.9 Å². The molecule has 160 valence electrons. The number of Topliss-reactive ketones (excluding diaryl/α,β-unsaturated/α-hetero) is 1. The molecule has 29 heavy (non-hydrogen) atoms. The number of hydrogen-bond donors (Lipinski definition) is 3. The Morgan fingerprint density at radius 2 is 1.62 bits per heavy atom. The number of rotatable bonds is 10. The fourth-order valence-corrected chi connectivity index (χ4v) is 2.61. The zero-order valence-corrected chi connectivity index (χ0v) is 17.5. The van der Waals surface area contributed by atoms with Crippen LogP contribution in [0.25, 0.3) is 0 Å². The number of hydrogen-bond acceptors (Lipinski definition) is 5. The van der Waals surface area contributed by atoms with Gasteiger partial charge in [0, 0.05) is 6.42 Å². The van der Waals surface area contributed by atoms with Crippen LogP contribution in [0.4, 0.5) is 4.79 Å². The minimum Gasteiger partial charge on any atom is -0.444 e. The van der Waals surface area contributed by atoms with Gasteiger partial charge >= 0.3 is 6.09 Å². The lowest BCUT2D eigenvalue weighted by Gasteiger charge is -2.25. The van der Waals surface area contributed by atoms with Gasteiger partial charge in [0.1, 0.15) is 11.6 Å². The van der Waals surface area contributed by atoms with E-state index in [1.807, 2.05) is 30.3 Å². The molecular formula is C21H31N3O5. The molecule has 3 amide bonds. The van der Waals surface area contributed by atoms with Crippen molar-refractivity contribution in [2.24, 2.45) is 5.73 Å². The van der Waals surface area contributed by atoms with Crippen molar-refractivity contribution in [2.45, 2.75) is 71.1 Å². The average Bonchev–Trinajstić information content (AvgIpc) is 2.60. The molecule has 8 nitrogen and oxygen atoms in total. The van der Waals surface area contributed by atoms with Gasteiger partial charge in [0.25, 0.3) is 0 Å². The maximum Gasteiger partial charge on any atom is 0.408 e. The fraction of sp³-hybridized carbons (Fsp3) is 0.524. The van der Waals surface area contributed by atoms with Gasteiger partial charge in [-0.05, 0) is 52.5 Å². The van der Waals surface area contributed by atoms with Gasteiger partial charge in [-0.15, -0.1) is 0 Å². The third-order valence-corrected chi connectivity index (χ3v) is 4.06. The zero-order chi connectivity index (χ0) is 22.0. The molecule has 0 saturated heterocycles. The number of nitrogens with one attached hydrogen (secondary N) is 2. The number of benzene rings is 1. The Labute approximate surface area is 171 Å². The molecule has 0 aliphatic rings. The topological polar surface area (TPSA) is 128 Å². The minimum atomic E-state index is -0.902. The van der Waals surface area contributed by atoms with Gasteiger partial charge in [0.15, 0.2) is 5.78 Å². The molecule has 1 rings (SSSR count). The van der Waals surface area contributed by atoms with E-state index in [9.17, 15) is 19.2 Å². The number of alkyl carbamates (subject to hydrolysis) is 1. The van der Waals surface area contributed by atoms with Crippen LogP contribution in [0, 0.1) is 0 Å². The SMILES string of the molecule is CC(=O)[C@H](CCC(N)=O)NC(=O)[C@@H](CCc1ccccc1)NC(=O)OC(C)(C)C. The Balaban J connectivity index is 2.85. The summed E-state index contributed by atoms with van der Waals surface area (Å²) in [6.07, 6.45) is 0.214. The smallest absolute Gasteiger partial charge is 0.408 e. The van der Waals surface area contributed by atoms with Gasteiger partial charge in [-0.2, -0.15) is 0 Å². The number of carbonyl (C=O) groups excluding carboxylic acids is 4. The van der Waals surface area contributed by atoms with Crippen LogP contribution in [0.15, 0.2) is 30.3 Å². The second-order valence-electron chi connectivity index (χ2n) is 7.90. The third kappa shape index (κ3) is 10.3. The Morgan fingerprint density at radius 1 is 1.00 bits per heavy atom. The highest BCUT2D eigenvalue weighted by Crippen LogP contribution is 2.10. The van der Waals surface area contributed by atoms with E-state index in [-0.39, 0.29) is 18.6 Å². The number of aryl methyl sites for hydroxylation is 1. The lowest BCUT2D eigenvalue weighted by molar-refractivity contribution is -0.129. The fourth-order valence-electron chi connectivity index (χ4n) is 2.61.